The molecule has 1 aromatic rings. The van der Waals surface area contributed by atoms with Crippen LogP contribution in [0.4, 0.5) is 0 Å². The first-order valence-corrected chi connectivity index (χ1v) is 12.2. The molecule has 6 nitrogen and oxygen atoms in total. The molecule has 5 fully saturated rings. The van der Waals surface area contributed by atoms with Crippen molar-refractivity contribution in [3.05, 3.63) is 23.7 Å². The number of rotatable bonds is 6. The lowest BCUT2D eigenvalue weighted by molar-refractivity contribution is -0.143. The average molecular weight is 429 g/mol. The van der Waals surface area contributed by atoms with E-state index >= 15 is 0 Å². The van der Waals surface area contributed by atoms with Gasteiger partial charge in [0, 0.05) is 39.5 Å². The van der Waals surface area contributed by atoms with Gasteiger partial charge in [-0.05, 0) is 80.2 Å². The molecule has 0 radical (unpaired) electrons. The van der Waals surface area contributed by atoms with Crippen molar-refractivity contribution in [3.8, 4) is 0 Å². The van der Waals surface area contributed by atoms with E-state index in [0.29, 0.717) is 17.1 Å². The van der Waals surface area contributed by atoms with Crippen LogP contribution >= 0.6 is 0 Å². The summed E-state index contributed by atoms with van der Waals surface area (Å²) in [6, 6.07) is 3.83. The van der Waals surface area contributed by atoms with Crippen molar-refractivity contribution in [1.29, 1.82) is 0 Å². The quantitative estimate of drug-likeness (QED) is 0.641. The summed E-state index contributed by atoms with van der Waals surface area (Å²) < 4.78 is 10.8. The molecule has 1 aromatic heterocycles. The highest BCUT2D eigenvalue weighted by Gasteiger charge is 2.51. The van der Waals surface area contributed by atoms with Gasteiger partial charge in [-0.2, -0.15) is 0 Å². The van der Waals surface area contributed by atoms with Gasteiger partial charge in [-0.15, -0.1) is 0 Å². The standard InChI is InChI=1S/C25H36N2O4/c1-18(28)30-17-23-4-3-22(31-23)16-26-5-2-6-27(8-7-26)24(29)15-25-12-19-9-20(13-25)11-21(10-19)14-25/h3-4,19-21H,2,5-17H2,1H3. The van der Waals surface area contributed by atoms with E-state index in [1.165, 1.54) is 45.4 Å². The molecule has 4 saturated carbocycles. The number of hydrogen-bond acceptors (Lipinski definition) is 5. The zero-order chi connectivity index (χ0) is 21.4. The van der Waals surface area contributed by atoms with Crippen molar-refractivity contribution in [2.75, 3.05) is 26.2 Å². The number of furan rings is 1. The van der Waals surface area contributed by atoms with Crippen molar-refractivity contribution < 1.29 is 18.7 Å². The number of hydrogen-bond donors (Lipinski definition) is 0. The second-order valence-electron chi connectivity index (χ2n) is 10.8. The molecule has 0 unspecified atom stereocenters. The van der Waals surface area contributed by atoms with E-state index in [-0.39, 0.29) is 12.6 Å². The van der Waals surface area contributed by atoms with E-state index in [4.69, 9.17) is 9.15 Å². The Morgan fingerprint density at radius 3 is 2.35 bits per heavy atom. The molecule has 0 atom stereocenters. The Morgan fingerprint density at radius 1 is 1.00 bits per heavy atom. The maximum Gasteiger partial charge on any atom is 0.303 e. The predicted molar refractivity (Wildman–Crippen MR) is 116 cm³/mol. The molecule has 1 saturated heterocycles. The lowest BCUT2D eigenvalue weighted by Gasteiger charge is -2.57. The molecule has 1 amide bonds. The zero-order valence-corrected chi connectivity index (χ0v) is 18.8. The molecule has 0 spiro atoms. The van der Waals surface area contributed by atoms with Crippen LogP contribution < -0.4 is 0 Å². The van der Waals surface area contributed by atoms with Gasteiger partial charge >= 0.3 is 5.97 Å². The summed E-state index contributed by atoms with van der Waals surface area (Å²) in [4.78, 5) is 28.7. The first kappa shape index (κ1) is 21.0. The van der Waals surface area contributed by atoms with Crippen molar-refractivity contribution in [1.82, 2.24) is 9.80 Å². The monoisotopic (exact) mass is 428 g/mol. The maximum atomic E-state index is 13.3. The highest BCUT2D eigenvalue weighted by molar-refractivity contribution is 5.77. The summed E-state index contributed by atoms with van der Waals surface area (Å²) in [5.41, 5.74) is 0.324. The van der Waals surface area contributed by atoms with Crippen LogP contribution in [0.25, 0.3) is 0 Å². The van der Waals surface area contributed by atoms with E-state index in [2.05, 4.69) is 9.80 Å². The lowest BCUT2D eigenvalue weighted by Crippen LogP contribution is -2.48. The normalized spacial score (nSPS) is 32.8. The third-order valence-electron chi connectivity index (χ3n) is 8.15. The summed E-state index contributed by atoms with van der Waals surface area (Å²) in [5, 5.41) is 0. The molecule has 4 bridgehead atoms. The Bertz CT molecular complexity index is 781. The van der Waals surface area contributed by atoms with E-state index in [9.17, 15) is 9.59 Å². The summed E-state index contributed by atoms with van der Waals surface area (Å²) in [6.07, 6.45) is 10.0. The highest BCUT2D eigenvalue weighted by atomic mass is 16.5. The Balaban J connectivity index is 1.12. The number of carbonyl (C=O) groups is 2. The van der Waals surface area contributed by atoms with Gasteiger partial charge < -0.3 is 14.1 Å². The highest BCUT2D eigenvalue weighted by Crippen LogP contribution is 2.61. The number of nitrogens with zero attached hydrogens (tertiary/aromatic N) is 2. The van der Waals surface area contributed by atoms with Crippen LogP contribution in [0.2, 0.25) is 0 Å². The van der Waals surface area contributed by atoms with Gasteiger partial charge in [0.1, 0.15) is 18.1 Å². The number of esters is 1. The topological polar surface area (TPSA) is 63.0 Å². The fourth-order valence-electron chi connectivity index (χ4n) is 7.30. The Hall–Kier alpha value is -1.82. The minimum atomic E-state index is -0.302. The maximum absolute atomic E-state index is 13.3. The largest absolute Gasteiger partial charge is 0.461 e. The molecule has 5 aliphatic rings. The molecule has 170 valence electrons. The second kappa shape index (κ2) is 8.61. The van der Waals surface area contributed by atoms with Gasteiger partial charge in [-0.3, -0.25) is 14.5 Å². The van der Waals surface area contributed by atoms with Gasteiger partial charge in [0.2, 0.25) is 5.91 Å². The SMILES string of the molecule is CC(=O)OCc1ccc(CN2CCCN(C(=O)CC34CC5CC(CC(C5)C3)C4)CC2)o1. The molecule has 0 aromatic carbocycles. The van der Waals surface area contributed by atoms with Crippen molar-refractivity contribution in [2.45, 2.75) is 71.4 Å². The van der Waals surface area contributed by atoms with Gasteiger partial charge in [0.25, 0.3) is 0 Å². The molecule has 1 aliphatic heterocycles. The Labute approximate surface area is 185 Å². The van der Waals surface area contributed by atoms with Crippen LogP contribution in [-0.4, -0.2) is 47.9 Å². The van der Waals surface area contributed by atoms with Crippen molar-refractivity contribution in [2.24, 2.45) is 23.2 Å². The van der Waals surface area contributed by atoms with Crippen LogP contribution in [0.1, 0.15) is 69.8 Å². The van der Waals surface area contributed by atoms with E-state index in [1.807, 2.05) is 12.1 Å². The van der Waals surface area contributed by atoms with Crippen LogP contribution in [0.15, 0.2) is 16.5 Å². The average Bonchev–Trinajstić information content (AvgIpc) is 3.00. The van der Waals surface area contributed by atoms with Gasteiger partial charge in [0.05, 0.1) is 6.54 Å². The van der Waals surface area contributed by atoms with Crippen LogP contribution in [0.3, 0.4) is 0 Å². The van der Waals surface area contributed by atoms with Crippen LogP contribution in [-0.2, 0) is 27.5 Å². The molecular formula is C25H36N2O4. The fourth-order valence-corrected chi connectivity index (χ4v) is 7.30. The lowest BCUT2D eigenvalue weighted by atomic mass is 9.49. The molecule has 6 heteroatoms. The minimum absolute atomic E-state index is 0.182. The second-order valence-corrected chi connectivity index (χ2v) is 10.8. The van der Waals surface area contributed by atoms with Crippen LogP contribution in [0, 0.1) is 23.2 Å². The van der Waals surface area contributed by atoms with E-state index in [1.54, 1.807) is 0 Å². The molecule has 0 N–H and O–H groups in total. The zero-order valence-electron chi connectivity index (χ0n) is 18.8. The van der Waals surface area contributed by atoms with E-state index < -0.39 is 0 Å². The first-order valence-electron chi connectivity index (χ1n) is 12.2. The van der Waals surface area contributed by atoms with Gasteiger partial charge in [0.15, 0.2) is 0 Å². The summed E-state index contributed by atoms with van der Waals surface area (Å²) in [7, 11) is 0. The van der Waals surface area contributed by atoms with Crippen molar-refractivity contribution in [3.63, 3.8) is 0 Å². The Morgan fingerprint density at radius 2 is 1.68 bits per heavy atom. The van der Waals surface area contributed by atoms with Gasteiger partial charge in [-0.25, -0.2) is 0 Å². The summed E-state index contributed by atoms with van der Waals surface area (Å²) in [6.45, 7) is 5.85. The van der Waals surface area contributed by atoms with Crippen LogP contribution in [0.5, 0.6) is 0 Å². The van der Waals surface area contributed by atoms with Gasteiger partial charge in [-0.1, -0.05) is 0 Å². The van der Waals surface area contributed by atoms with Crippen molar-refractivity contribution >= 4 is 11.9 Å². The molecule has 6 rings (SSSR count). The summed E-state index contributed by atoms with van der Waals surface area (Å²) >= 11 is 0. The molecule has 31 heavy (non-hydrogen) atoms. The molecular weight excluding hydrogens is 392 g/mol. The minimum Gasteiger partial charge on any atom is -0.461 e. The number of carbonyl (C=O) groups excluding carboxylic acids is 2. The van der Waals surface area contributed by atoms with E-state index in [0.717, 1.165) is 69.1 Å². The number of amides is 1. The first-order chi connectivity index (χ1) is 15.0. The number of ether oxygens (including phenoxy) is 1. The predicted octanol–water partition coefficient (Wildman–Crippen LogP) is 3.98. The molecule has 2 heterocycles. The Kier molecular flexibility index (Phi) is 5.84. The summed E-state index contributed by atoms with van der Waals surface area (Å²) in [5.74, 6) is 4.35. The fraction of sp³-hybridized carbons (Fsp3) is 0.760. The molecule has 4 aliphatic carbocycles. The smallest absolute Gasteiger partial charge is 0.303 e. The third-order valence-corrected chi connectivity index (χ3v) is 8.15. The third kappa shape index (κ3) is 4.84.